The van der Waals surface area contributed by atoms with Crippen LogP contribution in [-0.4, -0.2) is 30.3 Å². The van der Waals surface area contributed by atoms with Gasteiger partial charge >= 0.3 is 6.03 Å². The van der Waals surface area contributed by atoms with Gasteiger partial charge in [-0.2, -0.15) is 0 Å². The molecule has 0 spiro atoms. The number of rotatable bonds is 5. The third-order valence-electron chi connectivity index (χ3n) is 5.18. The minimum absolute atomic E-state index is 0.00349. The molecule has 0 bridgehead atoms. The Morgan fingerprint density at radius 3 is 2.63 bits per heavy atom. The second kappa shape index (κ2) is 7.91. The van der Waals surface area contributed by atoms with Crippen molar-refractivity contribution in [2.45, 2.75) is 33.1 Å². The van der Waals surface area contributed by atoms with E-state index in [9.17, 15) is 19.2 Å². The van der Waals surface area contributed by atoms with E-state index < -0.39 is 6.03 Å². The van der Waals surface area contributed by atoms with E-state index in [1.165, 1.54) is 11.3 Å². The molecule has 0 unspecified atom stereocenters. The van der Waals surface area contributed by atoms with E-state index in [0.717, 1.165) is 23.3 Å². The number of imide groups is 1. The molecule has 2 fully saturated rings. The molecule has 2 heterocycles. The van der Waals surface area contributed by atoms with Crippen LogP contribution in [0.2, 0.25) is 0 Å². The van der Waals surface area contributed by atoms with E-state index in [1.807, 2.05) is 6.92 Å². The van der Waals surface area contributed by atoms with Crippen molar-refractivity contribution in [3.8, 4) is 0 Å². The van der Waals surface area contributed by atoms with Crippen LogP contribution in [0, 0.1) is 19.8 Å². The van der Waals surface area contributed by atoms with E-state index in [0.29, 0.717) is 33.4 Å². The first-order chi connectivity index (χ1) is 14.3. The number of amides is 5. The van der Waals surface area contributed by atoms with Crippen molar-refractivity contribution in [3.63, 3.8) is 0 Å². The van der Waals surface area contributed by atoms with Gasteiger partial charge in [0.1, 0.15) is 0 Å². The van der Waals surface area contributed by atoms with Gasteiger partial charge in [-0.05, 0) is 56.0 Å². The monoisotopic (exact) mass is 426 g/mol. The Balaban J connectivity index is 1.54. The Bertz CT molecular complexity index is 1040. The summed E-state index contributed by atoms with van der Waals surface area (Å²) < 4.78 is 0. The first-order valence-electron chi connectivity index (χ1n) is 9.78. The first kappa shape index (κ1) is 20.1. The minimum atomic E-state index is -0.469. The van der Waals surface area contributed by atoms with E-state index in [4.69, 9.17) is 0 Å². The van der Waals surface area contributed by atoms with Crippen molar-refractivity contribution >= 4 is 51.5 Å². The lowest BCUT2D eigenvalue weighted by Gasteiger charge is -2.27. The first-order valence-corrected chi connectivity index (χ1v) is 10.6. The van der Waals surface area contributed by atoms with Gasteiger partial charge in [-0.3, -0.25) is 14.4 Å². The SMILES string of the molecule is Cc1cc(NC(=O)C2CC2)sc1C(=O)Nc1cccc(N2C(=O)CCNC2=O)c1C. The smallest absolute Gasteiger partial charge is 0.328 e. The standard InChI is InChI=1S/C21H22N4O4S/c1-11-10-16(24-19(27)13-6-7-13)30-18(11)20(28)23-14-4-3-5-15(12(14)2)25-17(26)8-9-22-21(25)29/h3-5,10,13H,6-9H2,1-2H3,(H,22,29)(H,23,28)(H,24,27). The number of carbonyl (C=O) groups is 4. The predicted molar refractivity (Wildman–Crippen MR) is 115 cm³/mol. The maximum absolute atomic E-state index is 12.9. The molecule has 2 aromatic rings. The molecule has 156 valence electrons. The highest BCUT2D eigenvalue weighted by Crippen LogP contribution is 2.34. The molecule has 30 heavy (non-hydrogen) atoms. The van der Waals surface area contributed by atoms with Crippen LogP contribution >= 0.6 is 11.3 Å². The summed E-state index contributed by atoms with van der Waals surface area (Å²) in [6.07, 6.45) is 2.05. The predicted octanol–water partition coefficient (Wildman–Crippen LogP) is 3.41. The number of hydrogen-bond acceptors (Lipinski definition) is 5. The van der Waals surface area contributed by atoms with Gasteiger partial charge in [0.15, 0.2) is 0 Å². The highest BCUT2D eigenvalue weighted by molar-refractivity contribution is 7.18. The third kappa shape index (κ3) is 3.93. The number of nitrogens with zero attached hydrogens (tertiary/aromatic N) is 1. The summed E-state index contributed by atoms with van der Waals surface area (Å²) in [5.74, 6) is -0.504. The number of hydrogen-bond donors (Lipinski definition) is 3. The van der Waals surface area contributed by atoms with E-state index in [2.05, 4.69) is 16.0 Å². The number of benzene rings is 1. The average molecular weight is 426 g/mol. The van der Waals surface area contributed by atoms with E-state index in [-0.39, 0.29) is 30.1 Å². The van der Waals surface area contributed by atoms with Crippen LogP contribution in [0.25, 0.3) is 0 Å². The van der Waals surface area contributed by atoms with Crippen molar-refractivity contribution in [2.24, 2.45) is 5.92 Å². The molecule has 1 aliphatic carbocycles. The lowest BCUT2D eigenvalue weighted by molar-refractivity contribution is -0.118. The highest BCUT2D eigenvalue weighted by atomic mass is 32.1. The zero-order valence-corrected chi connectivity index (χ0v) is 17.5. The fourth-order valence-corrected chi connectivity index (χ4v) is 4.31. The molecule has 4 rings (SSSR count). The van der Waals surface area contributed by atoms with Crippen LogP contribution in [0.3, 0.4) is 0 Å². The van der Waals surface area contributed by atoms with Crippen LogP contribution < -0.4 is 20.9 Å². The van der Waals surface area contributed by atoms with Crippen LogP contribution in [0.1, 0.15) is 40.1 Å². The lowest BCUT2D eigenvalue weighted by Crippen LogP contribution is -2.50. The van der Waals surface area contributed by atoms with Crippen LogP contribution in [0.4, 0.5) is 21.2 Å². The Labute approximate surface area is 177 Å². The number of carbonyl (C=O) groups excluding carboxylic acids is 4. The minimum Gasteiger partial charge on any atom is -0.337 e. The number of nitrogens with one attached hydrogen (secondary N) is 3. The van der Waals surface area contributed by atoms with Gasteiger partial charge in [-0.25, -0.2) is 9.69 Å². The zero-order chi connectivity index (χ0) is 21.4. The van der Waals surface area contributed by atoms with Gasteiger partial charge in [-0.1, -0.05) is 6.07 Å². The molecular weight excluding hydrogens is 404 g/mol. The van der Waals surface area contributed by atoms with Gasteiger partial charge in [-0.15, -0.1) is 11.3 Å². The molecule has 1 aliphatic heterocycles. The fourth-order valence-electron chi connectivity index (χ4n) is 3.34. The van der Waals surface area contributed by atoms with Crippen molar-refractivity contribution in [2.75, 3.05) is 22.1 Å². The molecule has 9 heteroatoms. The van der Waals surface area contributed by atoms with E-state index >= 15 is 0 Å². The van der Waals surface area contributed by atoms with Crippen LogP contribution in [0.15, 0.2) is 24.3 Å². The van der Waals surface area contributed by atoms with E-state index in [1.54, 1.807) is 31.2 Å². The fraction of sp³-hybridized carbons (Fsp3) is 0.333. The molecule has 0 radical (unpaired) electrons. The zero-order valence-electron chi connectivity index (χ0n) is 16.7. The Morgan fingerprint density at radius 1 is 1.17 bits per heavy atom. The molecular formula is C21H22N4O4S. The molecule has 3 N–H and O–H groups in total. The van der Waals surface area contributed by atoms with Gasteiger partial charge in [0, 0.05) is 24.6 Å². The molecule has 2 aliphatic rings. The lowest BCUT2D eigenvalue weighted by atomic mass is 10.1. The van der Waals surface area contributed by atoms with Gasteiger partial charge in [0.2, 0.25) is 11.8 Å². The van der Waals surface area contributed by atoms with Gasteiger partial charge in [0.05, 0.1) is 15.6 Å². The molecule has 1 aromatic carbocycles. The largest absolute Gasteiger partial charge is 0.337 e. The highest BCUT2D eigenvalue weighted by Gasteiger charge is 2.31. The Hall–Kier alpha value is -3.20. The summed E-state index contributed by atoms with van der Waals surface area (Å²) >= 11 is 1.23. The molecule has 8 nitrogen and oxygen atoms in total. The molecule has 1 aromatic heterocycles. The second-order valence-corrected chi connectivity index (χ2v) is 8.55. The summed E-state index contributed by atoms with van der Waals surface area (Å²) in [5, 5.41) is 9.04. The van der Waals surface area contributed by atoms with Crippen LogP contribution in [0.5, 0.6) is 0 Å². The molecule has 1 saturated carbocycles. The molecule has 1 saturated heterocycles. The number of anilines is 3. The summed E-state index contributed by atoms with van der Waals surface area (Å²) in [6.45, 7) is 3.89. The summed E-state index contributed by atoms with van der Waals surface area (Å²) in [6, 6.07) is 6.41. The summed E-state index contributed by atoms with van der Waals surface area (Å²) in [7, 11) is 0. The summed E-state index contributed by atoms with van der Waals surface area (Å²) in [5.41, 5.74) is 2.34. The third-order valence-corrected chi connectivity index (χ3v) is 6.33. The van der Waals surface area contributed by atoms with Gasteiger partial charge < -0.3 is 16.0 Å². The van der Waals surface area contributed by atoms with Crippen molar-refractivity contribution in [1.82, 2.24) is 5.32 Å². The number of thiophene rings is 1. The van der Waals surface area contributed by atoms with Crippen molar-refractivity contribution in [3.05, 3.63) is 40.3 Å². The molecule has 5 amide bonds. The maximum Gasteiger partial charge on any atom is 0.328 e. The molecule has 0 atom stereocenters. The Morgan fingerprint density at radius 2 is 1.93 bits per heavy atom. The number of aryl methyl sites for hydroxylation is 1. The topological polar surface area (TPSA) is 108 Å². The Kier molecular flexibility index (Phi) is 5.29. The maximum atomic E-state index is 12.9. The average Bonchev–Trinajstić information content (AvgIpc) is 3.48. The summed E-state index contributed by atoms with van der Waals surface area (Å²) in [4.78, 5) is 50.9. The van der Waals surface area contributed by atoms with Crippen molar-refractivity contribution in [1.29, 1.82) is 0 Å². The second-order valence-electron chi connectivity index (χ2n) is 7.50. The normalized spacial score (nSPS) is 16.3. The van der Waals surface area contributed by atoms with Crippen LogP contribution in [-0.2, 0) is 9.59 Å². The van der Waals surface area contributed by atoms with Gasteiger partial charge in [0.25, 0.3) is 5.91 Å². The quantitative estimate of drug-likeness (QED) is 0.681. The number of urea groups is 1. The van der Waals surface area contributed by atoms with Crippen molar-refractivity contribution < 1.29 is 19.2 Å².